The topological polar surface area (TPSA) is 66.8 Å². The molecule has 1 amide bonds. The molecule has 1 N–H and O–H groups in total. The van der Waals surface area contributed by atoms with E-state index < -0.39 is 11.9 Å². The van der Waals surface area contributed by atoms with Crippen LogP contribution in [0.15, 0.2) is 54.6 Å². The van der Waals surface area contributed by atoms with Gasteiger partial charge in [0.25, 0.3) is 0 Å². The molecule has 2 aromatic rings. The van der Waals surface area contributed by atoms with Crippen molar-refractivity contribution in [3.05, 3.63) is 65.7 Å². The van der Waals surface area contributed by atoms with E-state index in [-0.39, 0.29) is 24.3 Å². The van der Waals surface area contributed by atoms with E-state index in [0.29, 0.717) is 6.61 Å². The lowest BCUT2D eigenvalue weighted by Gasteiger charge is -2.19. The van der Waals surface area contributed by atoms with E-state index in [2.05, 4.69) is 0 Å². The van der Waals surface area contributed by atoms with Gasteiger partial charge >= 0.3 is 5.97 Å². The second-order valence-corrected chi connectivity index (χ2v) is 7.25. The zero-order chi connectivity index (χ0) is 19.4. The van der Waals surface area contributed by atoms with Crippen molar-refractivity contribution >= 4 is 11.9 Å². The first-order valence-electron chi connectivity index (χ1n) is 9.20. The van der Waals surface area contributed by atoms with Crippen molar-refractivity contribution in [2.45, 2.75) is 25.9 Å². The average Bonchev–Trinajstić information content (AvgIpc) is 3.47. The molecule has 27 heavy (non-hydrogen) atoms. The Morgan fingerprint density at radius 3 is 2.44 bits per heavy atom. The fourth-order valence-corrected chi connectivity index (χ4v) is 3.25. The molecule has 5 heteroatoms. The largest absolute Gasteiger partial charge is 0.489 e. The number of carboxylic acid groups (broad SMARTS) is 1. The first kappa shape index (κ1) is 19.0. The number of carboxylic acids is 1. The molecule has 0 radical (unpaired) electrons. The normalized spacial score (nSPS) is 19.2. The van der Waals surface area contributed by atoms with Crippen molar-refractivity contribution < 1.29 is 19.4 Å². The number of hydrogen-bond donors (Lipinski definition) is 1. The molecule has 0 heterocycles. The Kier molecular flexibility index (Phi) is 5.79. The fraction of sp³-hybridized carbons (Fsp3) is 0.364. The quantitative estimate of drug-likeness (QED) is 0.775. The zero-order valence-corrected chi connectivity index (χ0v) is 15.7. The van der Waals surface area contributed by atoms with Gasteiger partial charge < -0.3 is 14.7 Å². The van der Waals surface area contributed by atoms with E-state index in [4.69, 9.17) is 9.84 Å². The molecule has 5 nitrogen and oxygen atoms in total. The Hall–Kier alpha value is -2.82. The summed E-state index contributed by atoms with van der Waals surface area (Å²) in [5, 5.41) is 8.99. The van der Waals surface area contributed by atoms with Gasteiger partial charge in [0, 0.05) is 19.5 Å². The summed E-state index contributed by atoms with van der Waals surface area (Å²) in [5.41, 5.74) is 2.24. The van der Waals surface area contributed by atoms with E-state index >= 15 is 0 Å². The van der Waals surface area contributed by atoms with Crippen molar-refractivity contribution in [1.82, 2.24) is 4.90 Å². The summed E-state index contributed by atoms with van der Waals surface area (Å²) < 4.78 is 5.80. The third-order valence-electron chi connectivity index (χ3n) is 5.01. The van der Waals surface area contributed by atoms with Crippen LogP contribution in [0.25, 0.3) is 0 Å². The minimum atomic E-state index is -0.881. The van der Waals surface area contributed by atoms with Crippen LogP contribution in [0.1, 0.15) is 30.4 Å². The summed E-state index contributed by atoms with van der Waals surface area (Å²) >= 11 is 0. The Labute approximate surface area is 159 Å². The smallest absolute Gasteiger partial charge is 0.308 e. The Morgan fingerprint density at radius 1 is 1.15 bits per heavy atom. The van der Waals surface area contributed by atoms with Gasteiger partial charge in [0.15, 0.2) is 0 Å². The molecule has 1 saturated carbocycles. The van der Waals surface area contributed by atoms with Gasteiger partial charge in [0.05, 0.1) is 5.92 Å². The summed E-state index contributed by atoms with van der Waals surface area (Å²) in [6.07, 6.45) is 0.814. The molecule has 2 aromatic carbocycles. The van der Waals surface area contributed by atoms with Gasteiger partial charge in [-0.05, 0) is 35.6 Å². The van der Waals surface area contributed by atoms with Crippen molar-refractivity contribution in [2.75, 3.05) is 13.6 Å². The van der Waals surface area contributed by atoms with Crippen LogP contribution in [0.5, 0.6) is 5.75 Å². The van der Waals surface area contributed by atoms with Crippen LogP contribution >= 0.6 is 0 Å². The predicted octanol–water partition coefficient (Wildman–Crippen LogP) is 3.55. The average molecular weight is 367 g/mol. The molecule has 142 valence electrons. The lowest BCUT2D eigenvalue weighted by atomic mass is 10.1. The van der Waals surface area contributed by atoms with Crippen LogP contribution in [0, 0.1) is 11.8 Å². The third kappa shape index (κ3) is 4.88. The number of amides is 1. The standard InChI is InChI=1S/C22H25NO4/c1-15(22(25)26)13-23(2)21(24)20-12-19(20)17-8-10-18(11-9-17)27-14-16-6-4-3-5-7-16/h3-11,15,19-20H,12-14H2,1-2H3,(H,25,26). The lowest BCUT2D eigenvalue weighted by molar-refractivity contribution is -0.142. The van der Waals surface area contributed by atoms with Crippen LogP contribution in [0.4, 0.5) is 0 Å². The van der Waals surface area contributed by atoms with Gasteiger partial charge in [0.1, 0.15) is 12.4 Å². The minimum absolute atomic E-state index is 0.0255. The highest BCUT2D eigenvalue weighted by Crippen LogP contribution is 2.48. The second kappa shape index (κ2) is 8.25. The van der Waals surface area contributed by atoms with Crippen molar-refractivity contribution in [1.29, 1.82) is 0 Å². The number of ether oxygens (including phenoxy) is 1. The molecule has 0 saturated heterocycles. The maximum Gasteiger partial charge on any atom is 0.308 e. The van der Waals surface area contributed by atoms with E-state index in [9.17, 15) is 9.59 Å². The fourth-order valence-electron chi connectivity index (χ4n) is 3.25. The molecule has 0 bridgehead atoms. The van der Waals surface area contributed by atoms with Crippen molar-refractivity contribution in [2.24, 2.45) is 11.8 Å². The molecule has 0 aliphatic heterocycles. The molecular weight excluding hydrogens is 342 g/mol. The number of rotatable bonds is 8. The molecule has 3 rings (SSSR count). The van der Waals surface area contributed by atoms with E-state index in [1.54, 1.807) is 18.9 Å². The van der Waals surface area contributed by atoms with Gasteiger partial charge in [-0.2, -0.15) is 0 Å². The number of nitrogens with zero attached hydrogens (tertiary/aromatic N) is 1. The number of carbonyl (C=O) groups excluding carboxylic acids is 1. The maximum atomic E-state index is 12.5. The van der Waals surface area contributed by atoms with Gasteiger partial charge in [-0.1, -0.05) is 49.4 Å². The van der Waals surface area contributed by atoms with Gasteiger partial charge in [-0.3, -0.25) is 9.59 Å². The van der Waals surface area contributed by atoms with Crippen LogP contribution in [-0.4, -0.2) is 35.5 Å². The van der Waals surface area contributed by atoms with Gasteiger partial charge in [-0.25, -0.2) is 0 Å². The Bertz CT molecular complexity index is 788. The third-order valence-corrected chi connectivity index (χ3v) is 5.01. The SMILES string of the molecule is CC(CN(C)C(=O)C1CC1c1ccc(OCc2ccccc2)cc1)C(=O)O. The number of carbonyl (C=O) groups is 2. The summed E-state index contributed by atoms with van der Waals surface area (Å²) in [7, 11) is 1.68. The lowest BCUT2D eigenvalue weighted by Crippen LogP contribution is -2.34. The van der Waals surface area contributed by atoms with Gasteiger partial charge in [0.2, 0.25) is 5.91 Å². The zero-order valence-electron chi connectivity index (χ0n) is 15.7. The van der Waals surface area contributed by atoms with Crippen LogP contribution in [0.3, 0.4) is 0 Å². The number of hydrogen-bond acceptors (Lipinski definition) is 3. The summed E-state index contributed by atoms with van der Waals surface area (Å²) in [6.45, 7) is 2.38. The van der Waals surface area contributed by atoms with E-state index in [1.807, 2.05) is 54.6 Å². The maximum absolute atomic E-state index is 12.5. The molecule has 1 aliphatic carbocycles. The molecular formula is C22H25NO4. The molecule has 3 atom stereocenters. The Balaban J connectivity index is 1.51. The van der Waals surface area contributed by atoms with Gasteiger partial charge in [-0.15, -0.1) is 0 Å². The van der Waals surface area contributed by atoms with E-state index in [0.717, 1.165) is 23.3 Å². The molecule has 1 aliphatic rings. The minimum Gasteiger partial charge on any atom is -0.489 e. The highest BCUT2D eigenvalue weighted by Gasteiger charge is 2.45. The first-order chi connectivity index (χ1) is 13.0. The summed E-state index contributed by atoms with van der Waals surface area (Å²) in [5.74, 6) is -0.448. The Morgan fingerprint density at radius 2 is 1.81 bits per heavy atom. The monoisotopic (exact) mass is 367 g/mol. The van der Waals surface area contributed by atoms with Crippen LogP contribution in [-0.2, 0) is 16.2 Å². The summed E-state index contributed by atoms with van der Waals surface area (Å²) in [6, 6.07) is 17.9. The van der Waals surface area contributed by atoms with Crippen LogP contribution < -0.4 is 4.74 Å². The van der Waals surface area contributed by atoms with E-state index in [1.165, 1.54) is 0 Å². The first-order valence-corrected chi connectivity index (χ1v) is 9.20. The number of benzene rings is 2. The summed E-state index contributed by atoms with van der Waals surface area (Å²) in [4.78, 5) is 25.0. The highest BCUT2D eigenvalue weighted by molar-refractivity contribution is 5.83. The van der Waals surface area contributed by atoms with Crippen molar-refractivity contribution in [3.8, 4) is 5.75 Å². The van der Waals surface area contributed by atoms with Crippen molar-refractivity contribution in [3.63, 3.8) is 0 Å². The highest BCUT2D eigenvalue weighted by atomic mass is 16.5. The molecule has 0 aromatic heterocycles. The molecule has 0 spiro atoms. The molecule has 3 unspecified atom stereocenters. The second-order valence-electron chi connectivity index (χ2n) is 7.25. The van der Waals surface area contributed by atoms with Crippen LogP contribution in [0.2, 0.25) is 0 Å². The molecule has 1 fully saturated rings. The predicted molar refractivity (Wildman–Crippen MR) is 103 cm³/mol. The number of aliphatic carboxylic acids is 1.